The summed E-state index contributed by atoms with van der Waals surface area (Å²) in [5.41, 5.74) is 4.40. The number of benzene rings is 2. The molecule has 1 aliphatic rings. The molecular weight excluding hydrogens is 362 g/mol. The third-order valence-electron chi connectivity index (χ3n) is 5.85. The van der Waals surface area contributed by atoms with Gasteiger partial charge in [0, 0.05) is 5.39 Å². The molecule has 0 saturated heterocycles. The predicted octanol–water partition coefficient (Wildman–Crippen LogP) is 5.16. The highest BCUT2D eigenvalue weighted by Crippen LogP contribution is 2.44. The summed E-state index contributed by atoms with van der Waals surface area (Å²) in [4.78, 5) is 17.1. The van der Waals surface area contributed by atoms with E-state index in [1.165, 1.54) is 6.07 Å². The van der Waals surface area contributed by atoms with Crippen LogP contribution in [-0.2, 0) is 6.42 Å². The van der Waals surface area contributed by atoms with E-state index >= 15 is 0 Å². The van der Waals surface area contributed by atoms with Crippen LogP contribution in [0.5, 0.6) is 5.75 Å². The molecule has 2 aromatic carbocycles. The van der Waals surface area contributed by atoms with Crippen molar-refractivity contribution in [2.45, 2.75) is 33.6 Å². The van der Waals surface area contributed by atoms with Crippen molar-refractivity contribution in [3.8, 4) is 5.75 Å². The molecule has 0 unspecified atom stereocenters. The highest BCUT2D eigenvalue weighted by molar-refractivity contribution is 6.06. The zero-order valence-corrected chi connectivity index (χ0v) is 16.9. The second-order valence-electron chi connectivity index (χ2n) is 8.85. The summed E-state index contributed by atoms with van der Waals surface area (Å²) >= 11 is 0. The Morgan fingerprint density at radius 3 is 2.59 bits per heavy atom. The second kappa shape index (κ2) is 7.03. The Balaban J connectivity index is 2.00. The van der Waals surface area contributed by atoms with Gasteiger partial charge in [0.15, 0.2) is 0 Å². The van der Waals surface area contributed by atoms with Gasteiger partial charge in [-0.3, -0.25) is 0 Å². The van der Waals surface area contributed by atoms with Crippen molar-refractivity contribution in [3.05, 3.63) is 70.9 Å². The van der Waals surface area contributed by atoms with Crippen LogP contribution in [0.25, 0.3) is 22.6 Å². The third-order valence-corrected chi connectivity index (χ3v) is 5.85. The van der Waals surface area contributed by atoms with Crippen molar-refractivity contribution < 1.29 is 15.0 Å². The Morgan fingerprint density at radius 1 is 1.14 bits per heavy atom. The number of allylic oxidation sites excluding steroid dienone is 1. The lowest BCUT2D eigenvalue weighted by molar-refractivity contribution is -0.268. The average molecular weight is 386 g/mol. The molecule has 0 aliphatic heterocycles. The summed E-state index contributed by atoms with van der Waals surface area (Å²) in [5, 5.41) is 22.5. The highest BCUT2D eigenvalue weighted by Gasteiger charge is 2.35. The van der Waals surface area contributed by atoms with Gasteiger partial charge in [0.25, 0.3) is 0 Å². The molecule has 0 saturated carbocycles. The van der Waals surface area contributed by atoms with E-state index in [9.17, 15) is 15.0 Å². The van der Waals surface area contributed by atoms with E-state index in [2.05, 4.69) is 20.8 Å². The minimum atomic E-state index is -0.921. The Hall–Kier alpha value is -3.14. The molecule has 0 spiro atoms. The van der Waals surface area contributed by atoms with Crippen molar-refractivity contribution in [2.75, 3.05) is 0 Å². The summed E-state index contributed by atoms with van der Waals surface area (Å²) in [7, 11) is 0. The standard InChI is InChI=1S/C25H25NO3/c1-25(2,3)17-13-16(11-15-7-6-8-18(27)12-15)23-20(14-17)22(24(28)29)19-9-4-5-10-21(19)26-23/h4-12,17,27H,13-14H2,1-3H3,(H,28,29)/p-1/b16-11+/t17-/m1/s1. The molecule has 4 heteroatoms. The summed E-state index contributed by atoms with van der Waals surface area (Å²) in [6, 6.07) is 14.2. The topological polar surface area (TPSA) is 73.2 Å². The van der Waals surface area contributed by atoms with Gasteiger partial charge in [-0.05, 0) is 53.0 Å². The Bertz CT molecular complexity index is 1140. The van der Waals surface area contributed by atoms with Crippen molar-refractivity contribution in [3.63, 3.8) is 0 Å². The number of aromatic carboxylic acids is 1. The fourth-order valence-corrected chi connectivity index (χ4v) is 4.19. The summed E-state index contributed by atoms with van der Waals surface area (Å²) in [6.45, 7) is 6.56. The maximum atomic E-state index is 12.3. The van der Waals surface area contributed by atoms with Crippen molar-refractivity contribution in [1.82, 2.24) is 4.98 Å². The van der Waals surface area contributed by atoms with E-state index < -0.39 is 5.97 Å². The Kier molecular flexibility index (Phi) is 4.65. The van der Waals surface area contributed by atoms with E-state index in [1.807, 2.05) is 36.4 Å². The SMILES string of the molecule is CC(C)(C)[C@@H]1C/C(=C\c2cccc([O-])c2)c2nc3ccccc3c(C(=O)O)c2C1. The number of hydrogen-bond acceptors (Lipinski definition) is 3. The maximum absolute atomic E-state index is 12.3. The number of aromatic nitrogens is 1. The lowest BCUT2D eigenvalue weighted by atomic mass is 9.69. The molecule has 1 atom stereocenters. The molecule has 0 bridgehead atoms. The lowest BCUT2D eigenvalue weighted by Crippen LogP contribution is -2.28. The number of carboxylic acid groups (broad SMARTS) is 1. The van der Waals surface area contributed by atoms with Gasteiger partial charge in [-0.2, -0.15) is 0 Å². The van der Waals surface area contributed by atoms with Gasteiger partial charge >= 0.3 is 5.97 Å². The molecule has 29 heavy (non-hydrogen) atoms. The minimum Gasteiger partial charge on any atom is -0.872 e. The van der Waals surface area contributed by atoms with E-state index in [4.69, 9.17) is 4.98 Å². The molecule has 4 rings (SSSR count). The normalized spacial score (nSPS) is 18.0. The summed E-state index contributed by atoms with van der Waals surface area (Å²) in [5.74, 6) is -0.687. The predicted molar refractivity (Wildman–Crippen MR) is 114 cm³/mol. The number of hydrogen-bond donors (Lipinski definition) is 1. The van der Waals surface area contributed by atoms with Crippen LogP contribution >= 0.6 is 0 Å². The lowest BCUT2D eigenvalue weighted by Gasteiger charge is -2.36. The molecule has 3 aromatic rings. The van der Waals surface area contributed by atoms with Gasteiger partial charge in [-0.25, -0.2) is 9.78 Å². The zero-order chi connectivity index (χ0) is 20.8. The number of carboxylic acids is 1. The molecule has 148 valence electrons. The first-order valence-corrected chi connectivity index (χ1v) is 9.87. The third kappa shape index (κ3) is 3.63. The molecule has 0 radical (unpaired) electrons. The first-order chi connectivity index (χ1) is 13.7. The van der Waals surface area contributed by atoms with Gasteiger partial charge < -0.3 is 10.2 Å². The van der Waals surface area contributed by atoms with Crippen LogP contribution in [0.3, 0.4) is 0 Å². The molecule has 0 amide bonds. The van der Waals surface area contributed by atoms with E-state index in [-0.39, 0.29) is 17.1 Å². The summed E-state index contributed by atoms with van der Waals surface area (Å²) < 4.78 is 0. The van der Waals surface area contributed by atoms with E-state index in [0.29, 0.717) is 22.9 Å². The fraction of sp³-hybridized carbons (Fsp3) is 0.280. The van der Waals surface area contributed by atoms with Gasteiger partial charge in [0.05, 0.1) is 16.8 Å². The first-order valence-electron chi connectivity index (χ1n) is 9.87. The molecule has 1 aliphatic carbocycles. The Labute approximate surface area is 170 Å². The molecule has 1 aromatic heterocycles. The fourth-order valence-electron chi connectivity index (χ4n) is 4.19. The van der Waals surface area contributed by atoms with Gasteiger partial charge in [-0.1, -0.05) is 63.2 Å². The smallest absolute Gasteiger partial charge is 0.336 e. The number of carbonyl (C=O) groups is 1. The van der Waals surface area contributed by atoms with Crippen LogP contribution in [0.4, 0.5) is 0 Å². The van der Waals surface area contributed by atoms with Crippen molar-refractivity contribution in [1.29, 1.82) is 0 Å². The maximum Gasteiger partial charge on any atom is 0.336 e. The van der Waals surface area contributed by atoms with Crippen molar-refractivity contribution in [2.24, 2.45) is 11.3 Å². The quantitative estimate of drug-likeness (QED) is 0.660. The molecule has 1 N–H and O–H groups in total. The number of nitrogens with zero attached hydrogens (tertiary/aromatic N) is 1. The van der Waals surface area contributed by atoms with Gasteiger partial charge in [-0.15, -0.1) is 5.75 Å². The molecule has 0 fully saturated rings. The molecule has 1 heterocycles. The van der Waals surface area contributed by atoms with Crippen LogP contribution in [0.2, 0.25) is 0 Å². The Morgan fingerprint density at radius 2 is 1.90 bits per heavy atom. The monoisotopic (exact) mass is 386 g/mol. The van der Waals surface area contributed by atoms with Crippen molar-refractivity contribution >= 4 is 28.5 Å². The number of rotatable bonds is 2. The van der Waals surface area contributed by atoms with Crippen LogP contribution in [0.15, 0.2) is 48.5 Å². The van der Waals surface area contributed by atoms with Crippen LogP contribution < -0.4 is 5.11 Å². The largest absolute Gasteiger partial charge is 0.872 e. The zero-order valence-electron chi connectivity index (χ0n) is 16.9. The van der Waals surface area contributed by atoms with E-state index in [1.54, 1.807) is 12.1 Å². The second-order valence-corrected chi connectivity index (χ2v) is 8.85. The van der Waals surface area contributed by atoms with Crippen LogP contribution in [0, 0.1) is 11.3 Å². The highest BCUT2D eigenvalue weighted by atomic mass is 16.4. The number of para-hydroxylation sites is 1. The first kappa shape index (κ1) is 19.2. The molecule has 4 nitrogen and oxygen atoms in total. The van der Waals surface area contributed by atoms with Crippen LogP contribution in [0.1, 0.15) is 54.4 Å². The molecular formula is C25H24NO3-. The van der Waals surface area contributed by atoms with Gasteiger partial charge in [0.1, 0.15) is 0 Å². The number of pyridine rings is 1. The summed E-state index contributed by atoms with van der Waals surface area (Å²) in [6.07, 6.45) is 3.47. The average Bonchev–Trinajstić information content (AvgIpc) is 2.65. The van der Waals surface area contributed by atoms with Gasteiger partial charge in [0.2, 0.25) is 0 Å². The minimum absolute atomic E-state index is 0.0125. The van der Waals surface area contributed by atoms with E-state index in [0.717, 1.165) is 28.8 Å². The number of fused-ring (bicyclic) bond motifs is 2. The van der Waals surface area contributed by atoms with Crippen LogP contribution in [-0.4, -0.2) is 16.1 Å².